The van der Waals surface area contributed by atoms with Crippen LogP contribution in [0.3, 0.4) is 0 Å². The number of aliphatic imine (C=N–C) groups is 1. The van der Waals surface area contributed by atoms with Gasteiger partial charge in [0.05, 0.1) is 11.5 Å². The van der Waals surface area contributed by atoms with Crippen LogP contribution in [-0.4, -0.2) is 22.6 Å². The van der Waals surface area contributed by atoms with E-state index in [1.54, 1.807) is 12.1 Å². The van der Waals surface area contributed by atoms with Crippen molar-refractivity contribution in [3.05, 3.63) is 65.5 Å². The molecule has 2 fully saturated rings. The number of amides is 2. The molecule has 146 valence electrons. The van der Waals surface area contributed by atoms with Crippen molar-refractivity contribution in [2.45, 2.75) is 36.1 Å². The zero-order valence-corrected chi connectivity index (χ0v) is 16.6. The summed E-state index contributed by atoms with van der Waals surface area (Å²) in [5.41, 5.74) is 6.80. The Hall–Kier alpha value is -2.67. The molecule has 7 heteroatoms. The molecule has 1 aliphatic heterocycles. The molecule has 28 heavy (non-hydrogen) atoms. The predicted molar refractivity (Wildman–Crippen MR) is 109 cm³/mol. The summed E-state index contributed by atoms with van der Waals surface area (Å²) in [5, 5.41) is 3.44. The van der Waals surface area contributed by atoms with Gasteiger partial charge in [0.2, 0.25) is 5.91 Å². The molecule has 2 atom stereocenters. The molecule has 2 amide bonds. The highest BCUT2D eigenvalue weighted by Gasteiger charge is 2.50. The van der Waals surface area contributed by atoms with E-state index in [-0.39, 0.29) is 23.0 Å². The number of primary amides is 1. The lowest BCUT2D eigenvalue weighted by Gasteiger charge is -2.44. The van der Waals surface area contributed by atoms with Crippen LogP contribution >= 0.6 is 10.0 Å². The minimum Gasteiger partial charge on any atom is -0.369 e. The lowest BCUT2D eigenvalue weighted by atomic mass is 9.95. The van der Waals surface area contributed by atoms with E-state index in [0.717, 1.165) is 28.9 Å². The summed E-state index contributed by atoms with van der Waals surface area (Å²) in [6, 6.07) is 13.6. The summed E-state index contributed by atoms with van der Waals surface area (Å²) < 4.78 is 13.1. The van der Waals surface area contributed by atoms with Crippen LogP contribution in [0.5, 0.6) is 0 Å². The van der Waals surface area contributed by atoms with Gasteiger partial charge in [0.15, 0.2) is 5.17 Å². The first-order valence-electron chi connectivity index (χ1n) is 9.10. The van der Waals surface area contributed by atoms with Crippen molar-refractivity contribution in [3.8, 4) is 0 Å². The molecule has 2 aromatic rings. The minimum absolute atomic E-state index is 0.0404. The first-order chi connectivity index (χ1) is 13.3. The molecule has 2 aromatic carbocycles. The minimum atomic E-state index is -1.90. The average Bonchev–Trinajstić information content (AvgIpc) is 3.50. The summed E-state index contributed by atoms with van der Waals surface area (Å²) in [6.45, 7) is 1.91. The number of halogens is 1. The second-order valence-corrected chi connectivity index (χ2v) is 10.5. The van der Waals surface area contributed by atoms with Crippen LogP contribution in [0.4, 0.5) is 9.18 Å². The van der Waals surface area contributed by atoms with E-state index >= 15 is 0 Å². The average molecular weight is 399 g/mol. The largest absolute Gasteiger partial charge is 0.369 e. The van der Waals surface area contributed by atoms with Gasteiger partial charge >= 0.3 is 0 Å². The van der Waals surface area contributed by atoms with Gasteiger partial charge in [-0.25, -0.2) is 4.39 Å². The summed E-state index contributed by atoms with van der Waals surface area (Å²) in [6.07, 6.45) is 3.46. The Labute approximate surface area is 164 Å². The van der Waals surface area contributed by atoms with E-state index in [1.165, 1.54) is 12.1 Å². The molecule has 5 nitrogen and oxygen atoms in total. The Morgan fingerprint density at radius 1 is 1.18 bits per heavy atom. The van der Waals surface area contributed by atoms with Gasteiger partial charge in [-0.15, -0.1) is 0 Å². The fourth-order valence-corrected chi connectivity index (χ4v) is 5.64. The third-order valence-corrected chi connectivity index (χ3v) is 8.77. The first kappa shape index (κ1) is 18.7. The van der Waals surface area contributed by atoms with Gasteiger partial charge < -0.3 is 5.73 Å². The third-order valence-electron chi connectivity index (χ3n) is 5.73. The Balaban J connectivity index is 1.61. The molecular formula is C21H22FN3O2S. The number of nitrogens with one attached hydrogen (secondary N) is 1. The highest BCUT2D eigenvalue weighted by atomic mass is 32.3. The molecular weight excluding hydrogens is 377 g/mol. The molecule has 0 spiro atoms. The van der Waals surface area contributed by atoms with E-state index in [1.807, 2.05) is 37.4 Å². The molecule has 1 saturated heterocycles. The lowest BCUT2D eigenvalue weighted by Crippen LogP contribution is -2.49. The normalized spacial score (nSPS) is 27.2. The van der Waals surface area contributed by atoms with Crippen LogP contribution in [0, 0.1) is 5.82 Å². The predicted octanol–water partition coefficient (Wildman–Crippen LogP) is 3.98. The second-order valence-electron chi connectivity index (χ2n) is 7.46. The second kappa shape index (κ2) is 6.44. The van der Waals surface area contributed by atoms with Crippen LogP contribution < -0.4 is 11.1 Å². The van der Waals surface area contributed by atoms with Gasteiger partial charge in [0.25, 0.3) is 5.24 Å². The van der Waals surface area contributed by atoms with Crippen LogP contribution in [-0.2, 0) is 10.2 Å². The smallest absolute Gasteiger partial charge is 0.278 e. The van der Waals surface area contributed by atoms with Crippen molar-refractivity contribution in [1.29, 1.82) is 0 Å². The molecule has 3 N–H and O–H groups in total. The maximum Gasteiger partial charge on any atom is 0.278 e. The Morgan fingerprint density at radius 3 is 2.29 bits per heavy atom. The van der Waals surface area contributed by atoms with Gasteiger partial charge in [-0.3, -0.25) is 19.9 Å². The summed E-state index contributed by atoms with van der Waals surface area (Å²) in [4.78, 5) is 29.8. The van der Waals surface area contributed by atoms with Gasteiger partial charge in [-0.2, -0.15) is 0 Å². The molecule has 1 heterocycles. The van der Waals surface area contributed by atoms with Crippen LogP contribution in [0.2, 0.25) is 0 Å². The van der Waals surface area contributed by atoms with Crippen molar-refractivity contribution in [2.24, 2.45) is 10.7 Å². The summed E-state index contributed by atoms with van der Waals surface area (Å²) in [5.74, 6) is -0.587. The lowest BCUT2D eigenvalue weighted by molar-refractivity contribution is -0.120. The van der Waals surface area contributed by atoms with Gasteiger partial charge in [0.1, 0.15) is 5.82 Å². The Kier molecular flexibility index (Phi) is 4.30. The van der Waals surface area contributed by atoms with E-state index in [9.17, 15) is 14.0 Å². The molecule has 0 bridgehead atoms. The van der Waals surface area contributed by atoms with Crippen LogP contribution in [0.1, 0.15) is 36.9 Å². The van der Waals surface area contributed by atoms with E-state index < -0.39 is 15.4 Å². The molecule has 2 aliphatic rings. The van der Waals surface area contributed by atoms with Crippen molar-refractivity contribution in [3.63, 3.8) is 0 Å². The van der Waals surface area contributed by atoms with Gasteiger partial charge in [0, 0.05) is 4.90 Å². The third kappa shape index (κ3) is 2.81. The van der Waals surface area contributed by atoms with Crippen molar-refractivity contribution in [1.82, 2.24) is 5.32 Å². The van der Waals surface area contributed by atoms with Crippen molar-refractivity contribution >= 4 is 26.3 Å². The van der Waals surface area contributed by atoms with E-state index in [2.05, 4.69) is 5.32 Å². The number of rotatable bonds is 5. The van der Waals surface area contributed by atoms with E-state index in [0.29, 0.717) is 5.17 Å². The van der Waals surface area contributed by atoms with Crippen LogP contribution in [0.25, 0.3) is 0 Å². The number of benzene rings is 2. The molecule has 1 aliphatic carbocycles. The first-order valence-corrected chi connectivity index (χ1v) is 11.1. The Morgan fingerprint density at radius 2 is 1.79 bits per heavy atom. The number of hydrogen-bond acceptors (Lipinski definition) is 3. The number of hydrogen-bond donors (Lipinski definition) is 2. The van der Waals surface area contributed by atoms with Crippen LogP contribution in [0.15, 0.2) is 58.4 Å². The number of amidine groups is 1. The molecule has 1 unspecified atom stereocenters. The van der Waals surface area contributed by atoms with Gasteiger partial charge in [-0.1, -0.05) is 34.3 Å². The molecule has 0 aromatic heterocycles. The summed E-state index contributed by atoms with van der Waals surface area (Å²) in [7, 11) is -1.90. The number of carbonyl (C=O) groups excluding carboxylic acids is 2. The van der Waals surface area contributed by atoms with Crippen molar-refractivity contribution in [2.75, 3.05) is 6.26 Å². The fourth-order valence-electron chi connectivity index (χ4n) is 3.53. The highest BCUT2D eigenvalue weighted by Crippen LogP contribution is 2.60. The fraction of sp³-hybridized carbons (Fsp3) is 0.286. The molecule has 1 saturated carbocycles. The molecule has 4 rings (SSSR count). The zero-order chi connectivity index (χ0) is 20.1. The SMILES string of the molecule is C[C@H](N=C1NC(=O)S1(C)c1ccc(C2(C(N)=O)CC2)cc1)c1ccc(F)cc1. The van der Waals surface area contributed by atoms with E-state index in [4.69, 9.17) is 10.7 Å². The topological polar surface area (TPSA) is 84.6 Å². The van der Waals surface area contributed by atoms with Crippen molar-refractivity contribution < 1.29 is 14.0 Å². The monoisotopic (exact) mass is 399 g/mol. The number of nitrogens with zero attached hydrogens (tertiary/aromatic N) is 1. The van der Waals surface area contributed by atoms with Gasteiger partial charge in [-0.05, 0) is 61.4 Å². The zero-order valence-electron chi connectivity index (χ0n) is 15.7. The Bertz CT molecular complexity index is 984. The quantitative estimate of drug-likeness (QED) is 0.797. The number of carbonyl (C=O) groups is 2. The highest BCUT2D eigenvalue weighted by molar-refractivity contribution is 8.57. The standard InChI is InChI=1S/C21H22FN3O2S/c1-13(14-3-7-16(22)8-4-14)24-19-25-20(27)28(19,2)17-9-5-15(6-10-17)21(11-12-21)18(23)26/h3-10,13H,11-12H2,1-2H3,(H2,23,26)(H,24,25,27)/t13-/m0/s1. The maximum absolute atomic E-state index is 13.1. The number of nitrogens with two attached hydrogens (primary N) is 1. The summed E-state index contributed by atoms with van der Waals surface area (Å²) >= 11 is 0. The molecule has 0 radical (unpaired) electrons. The maximum atomic E-state index is 13.1.